The molecular formula is C10H10N2O3. The first-order valence-electron chi connectivity index (χ1n) is 4.29. The fourth-order valence-electron chi connectivity index (χ4n) is 1.16. The van der Waals surface area contributed by atoms with Crippen LogP contribution in [-0.2, 0) is 0 Å². The number of hydrogen-bond acceptors (Lipinski definition) is 5. The topological polar surface area (TPSA) is 107 Å². The maximum absolute atomic E-state index is 11.4. The van der Waals surface area contributed by atoms with Gasteiger partial charge in [0.05, 0.1) is 11.1 Å². The average molecular weight is 206 g/mol. The van der Waals surface area contributed by atoms with Gasteiger partial charge in [-0.2, -0.15) is 5.26 Å². The van der Waals surface area contributed by atoms with Gasteiger partial charge < -0.3 is 15.9 Å². The number of hydrogen-bond donors (Lipinski definition) is 3. The Morgan fingerprint density at radius 3 is 2.60 bits per heavy atom. The van der Waals surface area contributed by atoms with Crippen molar-refractivity contribution in [2.24, 2.45) is 5.73 Å². The summed E-state index contributed by atoms with van der Waals surface area (Å²) in [6.45, 7) is 0.168. The summed E-state index contributed by atoms with van der Waals surface area (Å²) in [5, 5.41) is 27.2. The zero-order valence-electron chi connectivity index (χ0n) is 7.90. The Bertz CT molecular complexity index is 435. The Morgan fingerprint density at radius 2 is 2.07 bits per heavy atom. The molecule has 0 aliphatic carbocycles. The summed E-state index contributed by atoms with van der Waals surface area (Å²) in [7, 11) is 0. The first-order valence-corrected chi connectivity index (χ1v) is 4.29. The van der Waals surface area contributed by atoms with Crippen LogP contribution in [0.25, 0.3) is 0 Å². The molecule has 0 saturated heterocycles. The van der Waals surface area contributed by atoms with Crippen molar-refractivity contribution in [3.63, 3.8) is 0 Å². The van der Waals surface area contributed by atoms with Gasteiger partial charge in [0.1, 0.15) is 17.6 Å². The van der Waals surface area contributed by atoms with Crippen LogP contribution in [0.15, 0.2) is 12.1 Å². The van der Waals surface area contributed by atoms with Gasteiger partial charge in [-0.05, 0) is 12.6 Å². The number of phenols is 2. The van der Waals surface area contributed by atoms with Crippen LogP contribution in [0, 0.1) is 11.3 Å². The van der Waals surface area contributed by atoms with Crippen LogP contribution in [0.5, 0.6) is 11.5 Å². The molecule has 0 aromatic heterocycles. The zero-order chi connectivity index (χ0) is 11.4. The SMILES string of the molecule is N#Cc1cc(C(=O)CCN)c(O)cc1O. The highest BCUT2D eigenvalue weighted by molar-refractivity contribution is 5.99. The van der Waals surface area contributed by atoms with E-state index < -0.39 is 0 Å². The van der Waals surface area contributed by atoms with E-state index in [1.165, 1.54) is 0 Å². The van der Waals surface area contributed by atoms with Crippen molar-refractivity contribution >= 4 is 5.78 Å². The lowest BCUT2D eigenvalue weighted by Gasteiger charge is -2.04. The minimum absolute atomic E-state index is 0.00907. The monoisotopic (exact) mass is 206 g/mol. The molecule has 1 aromatic rings. The van der Waals surface area contributed by atoms with Crippen LogP contribution in [0.4, 0.5) is 0 Å². The summed E-state index contributed by atoms with van der Waals surface area (Å²) >= 11 is 0. The van der Waals surface area contributed by atoms with E-state index in [2.05, 4.69) is 0 Å². The van der Waals surface area contributed by atoms with E-state index in [9.17, 15) is 15.0 Å². The lowest BCUT2D eigenvalue weighted by atomic mass is 10.0. The smallest absolute Gasteiger partial charge is 0.167 e. The van der Waals surface area contributed by atoms with Gasteiger partial charge in [0.2, 0.25) is 0 Å². The summed E-state index contributed by atoms with van der Waals surface area (Å²) in [5.41, 5.74) is 5.16. The van der Waals surface area contributed by atoms with E-state index in [0.29, 0.717) is 0 Å². The minimum atomic E-state index is -0.355. The standard InChI is InChI=1S/C10H10N2O3/c11-2-1-8(13)7-3-6(5-12)9(14)4-10(7)15/h3-4,14-15H,1-2,11H2. The zero-order valence-corrected chi connectivity index (χ0v) is 7.90. The summed E-state index contributed by atoms with van der Waals surface area (Å²) in [4.78, 5) is 11.4. The molecule has 1 rings (SSSR count). The number of nitrogens with zero attached hydrogens (tertiary/aromatic N) is 1. The van der Waals surface area contributed by atoms with Crippen molar-refractivity contribution in [3.8, 4) is 17.6 Å². The molecule has 0 heterocycles. The molecule has 15 heavy (non-hydrogen) atoms. The average Bonchev–Trinajstić information content (AvgIpc) is 2.18. The third kappa shape index (κ3) is 2.24. The van der Waals surface area contributed by atoms with Gasteiger partial charge in [0, 0.05) is 12.5 Å². The quantitative estimate of drug-likeness (QED) is 0.624. The van der Waals surface area contributed by atoms with E-state index >= 15 is 0 Å². The third-order valence-electron chi connectivity index (χ3n) is 1.91. The Kier molecular flexibility index (Phi) is 3.26. The van der Waals surface area contributed by atoms with E-state index in [-0.39, 0.29) is 41.4 Å². The molecular weight excluding hydrogens is 196 g/mol. The molecule has 0 unspecified atom stereocenters. The third-order valence-corrected chi connectivity index (χ3v) is 1.91. The van der Waals surface area contributed by atoms with Gasteiger partial charge >= 0.3 is 0 Å². The van der Waals surface area contributed by atoms with Gasteiger partial charge in [-0.15, -0.1) is 0 Å². The highest BCUT2D eigenvalue weighted by Gasteiger charge is 2.14. The second kappa shape index (κ2) is 4.44. The summed E-state index contributed by atoms with van der Waals surface area (Å²) in [6, 6.07) is 3.85. The highest BCUT2D eigenvalue weighted by Crippen LogP contribution is 2.27. The summed E-state index contributed by atoms with van der Waals surface area (Å²) in [5.74, 6) is -1.05. The molecule has 0 radical (unpaired) electrons. The molecule has 5 heteroatoms. The first kappa shape index (κ1) is 11.0. The van der Waals surface area contributed by atoms with E-state index in [1.54, 1.807) is 6.07 Å². The first-order chi connectivity index (χ1) is 7.10. The van der Waals surface area contributed by atoms with Gasteiger partial charge in [0.25, 0.3) is 0 Å². The fourth-order valence-corrected chi connectivity index (χ4v) is 1.16. The van der Waals surface area contributed by atoms with Gasteiger partial charge in [0.15, 0.2) is 5.78 Å². The largest absolute Gasteiger partial charge is 0.507 e. The number of benzene rings is 1. The highest BCUT2D eigenvalue weighted by atomic mass is 16.3. The second-order valence-corrected chi connectivity index (χ2v) is 2.96. The van der Waals surface area contributed by atoms with E-state index in [4.69, 9.17) is 11.0 Å². The van der Waals surface area contributed by atoms with Crippen LogP contribution in [0.2, 0.25) is 0 Å². The number of rotatable bonds is 3. The van der Waals surface area contributed by atoms with Crippen LogP contribution in [-0.4, -0.2) is 22.5 Å². The number of nitriles is 1. The van der Waals surface area contributed by atoms with Crippen molar-refractivity contribution in [1.82, 2.24) is 0 Å². The number of aromatic hydroxyl groups is 2. The molecule has 0 aliphatic rings. The van der Waals surface area contributed by atoms with Crippen molar-refractivity contribution in [1.29, 1.82) is 5.26 Å². The Balaban J connectivity index is 3.20. The van der Waals surface area contributed by atoms with Crippen molar-refractivity contribution < 1.29 is 15.0 Å². The second-order valence-electron chi connectivity index (χ2n) is 2.96. The van der Waals surface area contributed by atoms with Crippen LogP contribution < -0.4 is 5.73 Å². The van der Waals surface area contributed by atoms with Crippen molar-refractivity contribution in [2.45, 2.75) is 6.42 Å². The van der Waals surface area contributed by atoms with Crippen LogP contribution in [0.3, 0.4) is 0 Å². The number of carbonyl (C=O) groups excluding carboxylic acids is 1. The lowest BCUT2D eigenvalue weighted by molar-refractivity contribution is 0.0983. The molecule has 4 N–H and O–H groups in total. The van der Waals surface area contributed by atoms with Gasteiger partial charge in [-0.1, -0.05) is 0 Å². The molecule has 5 nitrogen and oxygen atoms in total. The number of ketones is 1. The minimum Gasteiger partial charge on any atom is -0.507 e. The van der Waals surface area contributed by atoms with Crippen molar-refractivity contribution in [2.75, 3.05) is 6.54 Å². The Labute approximate surface area is 86.4 Å². The molecule has 1 aromatic carbocycles. The van der Waals surface area contributed by atoms with Gasteiger partial charge in [-0.25, -0.2) is 0 Å². The predicted octanol–water partition coefficient (Wildman–Crippen LogP) is 0.501. The van der Waals surface area contributed by atoms with Crippen LogP contribution >= 0.6 is 0 Å². The maximum Gasteiger partial charge on any atom is 0.167 e. The molecule has 0 amide bonds. The molecule has 0 atom stereocenters. The van der Waals surface area contributed by atoms with E-state index in [0.717, 1.165) is 12.1 Å². The fraction of sp³-hybridized carbons (Fsp3) is 0.200. The van der Waals surface area contributed by atoms with Gasteiger partial charge in [-0.3, -0.25) is 4.79 Å². The molecule has 0 bridgehead atoms. The van der Waals surface area contributed by atoms with Crippen molar-refractivity contribution in [3.05, 3.63) is 23.3 Å². The number of nitrogens with two attached hydrogens (primary N) is 1. The Hall–Kier alpha value is -2.06. The Morgan fingerprint density at radius 1 is 1.40 bits per heavy atom. The summed E-state index contributed by atoms with van der Waals surface area (Å²) < 4.78 is 0. The molecule has 78 valence electrons. The number of carbonyl (C=O) groups is 1. The molecule has 0 aliphatic heterocycles. The maximum atomic E-state index is 11.4. The number of phenolic OH excluding ortho intramolecular Hbond substituents is 2. The lowest BCUT2D eigenvalue weighted by Crippen LogP contribution is -2.08. The molecule has 0 spiro atoms. The number of Topliss-reactive ketones (excluding diaryl/α,β-unsaturated/α-hetero) is 1. The van der Waals surface area contributed by atoms with E-state index in [1.807, 2.05) is 0 Å². The van der Waals surface area contributed by atoms with Crippen LogP contribution in [0.1, 0.15) is 22.3 Å². The predicted molar refractivity (Wildman–Crippen MR) is 52.5 cm³/mol. The normalized spacial score (nSPS) is 9.60. The molecule has 0 fully saturated rings. The molecule has 0 saturated carbocycles. The summed E-state index contributed by atoms with van der Waals surface area (Å²) in [6.07, 6.45) is 0.0865.